The second-order valence-corrected chi connectivity index (χ2v) is 3.86. The highest BCUT2D eigenvalue weighted by Crippen LogP contribution is 2.33. The highest BCUT2D eigenvalue weighted by Gasteiger charge is 2.41. The molecular weight excluding hydrogens is 261 g/mol. The topological polar surface area (TPSA) is 55.1 Å². The molecule has 19 heavy (non-hydrogen) atoms. The molecule has 0 amide bonds. The second kappa shape index (κ2) is 4.42. The molecule has 0 aliphatic carbocycles. The zero-order chi connectivity index (χ0) is 14.2. The number of para-hydroxylation sites is 1. The van der Waals surface area contributed by atoms with Crippen molar-refractivity contribution in [1.82, 2.24) is 9.78 Å². The Morgan fingerprint density at radius 1 is 1.26 bits per heavy atom. The molecule has 0 unspecified atom stereocenters. The number of benzene rings is 1. The lowest BCUT2D eigenvalue weighted by molar-refractivity contribution is -0.141. The predicted octanol–water partition coefficient (Wildman–Crippen LogP) is 2.90. The van der Waals surface area contributed by atoms with E-state index in [1.807, 2.05) is 0 Å². The molecule has 0 radical (unpaired) electrons. The Morgan fingerprint density at radius 3 is 2.26 bits per heavy atom. The number of aromatic carboxylic acids is 1. The minimum atomic E-state index is -4.81. The van der Waals surface area contributed by atoms with Crippen molar-refractivity contribution in [1.29, 1.82) is 0 Å². The van der Waals surface area contributed by atoms with Crippen LogP contribution in [-0.4, -0.2) is 20.9 Å². The number of hydrogen-bond acceptors (Lipinski definition) is 2. The van der Waals surface area contributed by atoms with Gasteiger partial charge in [0.05, 0.1) is 11.4 Å². The van der Waals surface area contributed by atoms with E-state index in [0.29, 0.717) is 5.69 Å². The molecule has 1 N–H and O–H groups in total. The number of aromatic nitrogens is 2. The van der Waals surface area contributed by atoms with Gasteiger partial charge in [-0.05, 0) is 19.1 Å². The Balaban J connectivity index is 2.70. The minimum Gasteiger partial charge on any atom is -0.478 e. The van der Waals surface area contributed by atoms with Crippen LogP contribution >= 0.6 is 0 Å². The first-order chi connectivity index (χ1) is 8.82. The first kappa shape index (κ1) is 13.1. The standard InChI is InChI=1S/C12H9F3N2O2/c1-7-9(11(18)19)10(12(13,14)15)16-17(7)8-5-3-2-4-6-8/h2-6H,1H3,(H,18,19). The number of alkyl halides is 3. The van der Waals surface area contributed by atoms with Gasteiger partial charge < -0.3 is 5.11 Å². The van der Waals surface area contributed by atoms with Crippen LogP contribution in [0.15, 0.2) is 30.3 Å². The molecule has 0 saturated heterocycles. The van der Waals surface area contributed by atoms with Crippen molar-refractivity contribution >= 4 is 5.97 Å². The maximum Gasteiger partial charge on any atom is 0.436 e. The van der Waals surface area contributed by atoms with E-state index in [0.717, 1.165) is 4.68 Å². The van der Waals surface area contributed by atoms with Crippen molar-refractivity contribution in [2.24, 2.45) is 0 Å². The van der Waals surface area contributed by atoms with Crippen LogP contribution in [0.25, 0.3) is 5.69 Å². The van der Waals surface area contributed by atoms with E-state index >= 15 is 0 Å². The van der Waals surface area contributed by atoms with Crippen LogP contribution in [0.4, 0.5) is 13.2 Å². The number of carboxylic acids is 1. The summed E-state index contributed by atoms with van der Waals surface area (Å²) in [6.45, 7) is 1.29. The summed E-state index contributed by atoms with van der Waals surface area (Å²) in [5.41, 5.74) is -1.90. The molecule has 0 aliphatic heterocycles. The van der Waals surface area contributed by atoms with E-state index < -0.39 is 23.4 Å². The van der Waals surface area contributed by atoms with Crippen molar-refractivity contribution in [2.45, 2.75) is 13.1 Å². The molecule has 0 fully saturated rings. The summed E-state index contributed by atoms with van der Waals surface area (Å²) in [6.07, 6.45) is -4.81. The minimum absolute atomic E-state index is 0.0639. The summed E-state index contributed by atoms with van der Waals surface area (Å²) in [6, 6.07) is 8.05. The average molecular weight is 270 g/mol. The van der Waals surface area contributed by atoms with Gasteiger partial charge in [0.25, 0.3) is 0 Å². The Kier molecular flexibility index (Phi) is 3.05. The van der Waals surface area contributed by atoms with Gasteiger partial charge in [0.2, 0.25) is 0 Å². The Labute approximate surface area is 106 Å². The summed E-state index contributed by atoms with van der Waals surface area (Å²) < 4.78 is 39.3. The molecule has 4 nitrogen and oxygen atoms in total. The van der Waals surface area contributed by atoms with Crippen molar-refractivity contribution < 1.29 is 23.1 Å². The van der Waals surface area contributed by atoms with Gasteiger partial charge in [0.1, 0.15) is 5.56 Å². The fourth-order valence-electron chi connectivity index (χ4n) is 1.78. The van der Waals surface area contributed by atoms with Gasteiger partial charge in [0.15, 0.2) is 5.69 Å². The smallest absolute Gasteiger partial charge is 0.436 e. The van der Waals surface area contributed by atoms with Crippen LogP contribution in [-0.2, 0) is 6.18 Å². The van der Waals surface area contributed by atoms with Crippen LogP contribution < -0.4 is 0 Å². The number of nitrogens with zero attached hydrogens (tertiary/aromatic N) is 2. The number of carboxylic acid groups (broad SMARTS) is 1. The SMILES string of the molecule is Cc1c(C(=O)O)c(C(F)(F)F)nn1-c1ccccc1. The third kappa shape index (κ3) is 2.31. The largest absolute Gasteiger partial charge is 0.478 e. The van der Waals surface area contributed by atoms with E-state index in [1.54, 1.807) is 30.3 Å². The van der Waals surface area contributed by atoms with Gasteiger partial charge in [0, 0.05) is 0 Å². The molecule has 0 spiro atoms. The van der Waals surface area contributed by atoms with Gasteiger partial charge in [-0.25, -0.2) is 9.48 Å². The van der Waals surface area contributed by atoms with Crippen LogP contribution in [0.3, 0.4) is 0 Å². The molecule has 7 heteroatoms. The van der Waals surface area contributed by atoms with Crippen LogP contribution in [0.5, 0.6) is 0 Å². The van der Waals surface area contributed by atoms with Crippen molar-refractivity contribution in [2.75, 3.05) is 0 Å². The van der Waals surface area contributed by atoms with Crippen LogP contribution in [0.1, 0.15) is 21.7 Å². The van der Waals surface area contributed by atoms with Crippen LogP contribution in [0, 0.1) is 6.92 Å². The zero-order valence-electron chi connectivity index (χ0n) is 9.77. The van der Waals surface area contributed by atoms with Gasteiger partial charge >= 0.3 is 12.1 Å². The molecule has 100 valence electrons. The van der Waals surface area contributed by atoms with E-state index in [9.17, 15) is 18.0 Å². The molecule has 0 saturated carbocycles. The second-order valence-electron chi connectivity index (χ2n) is 3.86. The third-order valence-electron chi connectivity index (χ3n) is 2.60. The molecule has 0 aliphatic rings. The van der Waals surface area contributed by atoms with E-state index in [-0.39, 0.29) is 5.69 Å². The van der Waals surface area contributed by atoms with Crippen molar-refractivity contribution in [3.8, 4) is 5.69 Å². The number of carbonyl (C=O) groups is 1. The Bertz CT molecular complexity index is 618. The third-order valence-corrected chi connectivity index (χ3v) is 2.60. The summed E-state index contributed by atoms with van der Waals surface area (Å²) >= 11 is 0. The fourth-order valence-corrected chi connectivity index (χ4v) is 1.78. The lowest BCUT2D eigenvalue weighted by Crippen LogP contribution is -2.12. The molecule has 2 rings (SSSR count). The highest BCUT2D eigenvalue weighted by atomic mass is 19.4. The first-order valence-corrected chi connectivity index (χ1v) is 5.28. The molecule has 2 aromatic rings. The molecule has 1 aromatic carbocycles. The summed E-state index contributed by atoms with van der Waals surface area (Å²) in [5.74, 6) is -1.65. The van der Waals surface area contributed by atoms with E-state index in [2.05, 4.69) is 5.10 Å². The number of hydrogen-bond donors (Lipinski definition) is 1. The monoisotopic (exact) mass is 270 g/mol. The van der Waals surface area contributed by atoms with Gasteiger partial charge in [-0.2, -0.15) is 18.3 Å². The molecule has 0 bridgehead atoms. The lowest BCUT2D eigenvalue weighted by Gasteiger charge is -2.03. The fraction of sp³-hybridized carbons (Fsp3) is 0.167. The van der Waals surface area contributed by atoms with Crippen LogP contribution in [0.2, 0.25) is 0 Å². The maximum absolute atomic E-state index is 12.8. The number of halogens is 3. The van der Waals surface area contributed by atoms with Crippen molar-refractivity contribution in [3.05, 3.63) is 47.3 Å². The summed E-state index contributed by atoms with van der Waals surface area (Å²) in [5, 5.41) is 12.3. The van der Waals surface area contributed by atoms with E-state index in [4.69, 9.17) is 5.11 Å². The van der Waals surface area contributed by atoms with E-state index in [1.165, 1.54) is 6.92 Å². The molecule has 1 aromatic heterocycles. The first-order valence-electron chi connectivity index (χ1n) is 5.28. The molecular formula is C12H9F3N2O2. The molecule has 1 heterocycles. The van der Waals surface area contributed by atoms with Gasteiger partial charge in [-0.3, -0.25) is 0 Å². The van der Waals surface area contributed by atoms with Gasteiger partial charge in [-0.15, -0.1) is 0 Å². The highest BCUT2D eigenvalue weighted by molar-refractivity contribution is 5.90. The van der Waals surface area contributed by atoms with Gasteiger partial charge in [-0.1, -0.05) is 18.2 Å². The Morgan fingerprint density at radius 2 is 1.84 bits per heavy atom. The normalized spacial score (nSPS) is 11.6. The number of rotatable bonds is 2. The summed E-state index contributed by atoms with van der Waals surface area (Å²) in [4.78, 5) is 11.0. The zero-order valence-corrected chi connectivity index (χ0v) is 9.77. The predicted molar refractivity (Wildman–Crippen MR) is 60.3 cm³/mol. The quantitative estimate of drug-likeness (QED) is 0.912. The lowest BCUT2D eigenvalue weighted by atomic mass is 10.2. The summed E-state index contributed by atoms with van der Waals surface area (Å²) in [7, 11) is 0. The Hall–Kier alpha value is -2.31. The molecule has 0 atom stereocenters. The maximum atomic E-state index is 12.8. The van der Waals surface area contributed by atoms with Crippen molar-refractivity contribution in [3.63, 3.8) is 0 Å². The average Bonchev–Trinajstić information content (AvgIpc) is 2.68.